The van der Waals surface area contributed by atoms with Crippen LogP contribution >= 0.6 is 0 Å². The van der Waals surface area contributed by atoms with Gasteiger partial charge in [0.1, 0.15) is 12.1 Å². The Balaban J connectivity index is 2.43. The third-order valence-corrected chi connectivity index (χ3v) is 1.82. The second-order valence-electron chi connectivity index (χ2n) is 2.85. The van der Waals surface area contributed by atoms with Gasteiger partial charge in [-0.3, -0.25) is 10.2 Å². The van der Waals surface area contributed by atoms with E-state index >= 15 is 0 Å². The van der Waals surface area contributed by atoms with Gasteiger partial charge in [-0.05, 0) is 12.1 Å². The number of carbonyl (C=O) groups is 1. The predicted octanol–water partition coefficient (Wildman–Crippen LogP) is 0.921. The zero-order valence-corrected chi connectivity index (χ0v) is 8.19. The van der Waals surface area contributed by atoms with E-state index in [0.29, 0.717) is 25.1 Å². The van der Waals surface area contributed by atoms with Crippen LogP contribution in [0, 0.1) is 5.41 Å². The number of ether oxygens (including phenoxy) is 1. The highest BCUT2D eigenvalue weighted by molar-refractivity contribution is 5.68. The molecule has 4 nitrogen and oxygen atoms in total. The Morgan fingerprint density at radius 3 is 3.00 bits per heavy atom. The Morgan fingerprint density at radius 2 is 2.36 bits per heavy atom. The van der Waals surface area contributed by atoms with E-state index in [0.717, 1.165) is 0 Å². The molecule has 14 heavy (non-hydrogen) atoms. The van der Waals surface area contributed by atoms with E-state index in [9.17, 15) is 4.79 Å². The molecule has 0 fully saturated rings. The van der Waals surface area contributed by atoms with E-state index in [4.69, 9.17) is 10.1 Å². The molecule has 0 aliphatic heterocycles. The lowest BCUT2D eigenvalue weighted by Crippen LogP contribution is -2.21. The molecule has 0 aromatic carbocycles. The first-order valence-corrected chi connectivity index (χ1v) is 4.59. The molecule has 0 bridgehead atoms. The number of aromatic nitrogens is 1. The number of nitrogens with one attached hydrogen (secondary N) is 1. The van der Waals surface area contributed by atoms with E-state index < -0.39 is 0 Å². The molecule has 0 amide bonds. The first kappa shape index (κ1) is 10.5. The van der Waals surface area contributed by atoms with Crippen molar-refractivity contribution in [3.05, 3.63) is 29.9 Å². The lowest BCUT2D eigenvalue weighted by atomic mass is 10.4. The Hall–Kier alpha value is -1.58. The number of esters is 1. The summed E-state index contributed by atoms with van der Waals surface area (Å²) < 4.78 is 6.63. The Bertz CT molecular complexity index is 357. The van der Waals surface area contributed by atoms with E-state index in [2.05, 4.69) is 0 Å². The second kappa shape index (κ2) is 5.21. The second-order valence-corrected chi connectivity index (χ2v) is 2.85. The highest BCUT2D eigenvalue weighted by Gasteiger charge is 1.97. The molecule has 0 atom stereocenters. The largest absolute Gasteiger partial charge is 0.464 e. The van der Waals surface area contributed by atoms with E-state index in [1.165, 1.54) is 0 Å². The van der Waals surface area contributed by atoms with Gasteiger partial charge in [-0.1, -0.05) is 13.0 Å². The predicted molar refractivity (Wildman–Crippen MR) is 51.5 cm³/mol. The lowest BCUT2D eigenvalue weighted by molar-refractivity contribution is -0.143. The van der Waals surface area contributed by atoms with Gasteiger partial charge in [-0.25, -0.2) is 0 Å². The quantitative estimate of drug-likeness (QED) is 0.724. The van der Waals surface area contributed by atoms with Crippen molar-refractivity contribution >= 4 is 5.97 Å². The van der Waals surface area contributed by atoms with Crippen LogP contribution < -0.4 is 5.49 Å². The standard InChI is InChI=1S/C10H14N2O2/c1-2-10(13)14-8-7-12-6-4-3-5-9(12)11/h3-6,11H,2,7-8H2,1H3. The maximum absolute atomic E-state index is 10.8. The molecule has 1 aromatic heterocycles. The molecule has 4 heteroatoms. The number of nitrogens with zero attached hydrogens (tertiary/aromatic N) is 1. The van der Waals surface area contributed by atoms with Crippen LogP contribution in [-0.2, 0) is 16.1 Å². The van der Waals surface area contributed by atoms with Crippen molar-refractivity contribution in [1.82, 2.24) is 4.57 Å². The van der Waals surface area contributed by atoms with Crippen LogP contribution in [0.15, 0.2) is 24.4 Å². The minimum Gasteiger partial charge on any atom is -0.464 e. The fourth-order valence-electron chi connectivity index (χ4n) is 1.03. The van der Waals surface area contributed by atoms with Crippen LogP contribution in [0.1, 0.15) is 13.3 Å². The number of hydrogen-bond donors (Lipinski definition) is 1. The summed E-state index contributed by atoms with van der Waals surface area (Å²) in [4.78, 5) is 10.8. The Morgan fingerprint density at radius 1 is 1.57 bits per heavy atom. The molecule has 0 unspecified atom stereocenters. The van der Waals surface area contributed by atoms with Crippen LogP contribution in [0.4, 0.5) is 0 Å². The third kappa shape index (κ3) is 3.05. The van der Waals surface area contributed by atoms with Crippen molar-refractivity contribution in [2.45, 2.75) is 19.9 Å². The Kier molecular flexibility index (Phi) is 3.91. The summed E-state index contributed by atoms with van der Waals surface area (Å²) in [6.07, 6.45) is 2.19. The number of rotatable bonds is 4. The first-order chi connectivity index (χ1) is 6.74. The van der Waals surface area contributed by atoms with Gasteiger partial charge in [0.2, 0.25) is 0 Å². The normalized spacial score (nSPS) is 9.79. The van der Waals surface area contributed by atoms with Crippen LogP contribution in [-0.4, -0.2) is 17.1 Å². The highest BCUT2D eigenvalue weighted by Crippen LogP contribution is 1.87. The summed E-state index contributed by atoms with van der Waals surface area (Å²) in [7, 11) is 0. The molecule has 0 saturated heterocycles. The molecule has 0 spiro atoms. The molecule has 1 aromatic rings. The molecule has 0 aliphatic rings. The maximum Gasteiger partial charge on any atom is 0.305 e. The molecule has 1 rings (SSSR count). The molecule has 0 radical (unpaired) electrons. The lowest BCUT2D eigenvalue weighted by Gasteiger charge is -2.06. The van der Waals surface area contributed by atoms with Gasteiger partial charge in [0, 0.05) is 12.6 Å². The third-order valence-electron chi connectivity index (χ3n) is 1.82. The van der Waals surface area contributed by atoms with Crippen LogP contribution in [0.5, 0.6) is 0 Å². The van der Waals surface area contributed by atoms with Crippen LogP contribution in [0.2, 0.25) is 0 Å². The van der Waals surface area contributed by atoms with E-state index in [-0.39, 0.29) is 5.97 Å². The van der Waals surface area contributed by atoms with Crippen molar-refractivity contribution in [3.8, 4) is 0 Å². The molecule has 0 aliphatic carbocycles. The van der Waals surface area contributed by atoms with Crippen LogP contribution in [0.25, 0.3) is 0 Å². The van der Waals surface area contributed by atoms with Gasteiger partial charge < -0.3 is 9.30 Å². The van der Waals surface area contributed by atoms with Crippen LogP contribution in [0.3, 0.4) is 0 Å². The molecule has 1 heterocycles. The van der Waals surface area contributed by atoms with Crippen molar-refractivity contribution in [2.75, 3.05) is 6.61 Å². The van der Waals surface area contributed by atoms with Gasteiger partial charge in [-0.2, -0.15) is 0 Å². The van der Waals surface area contributed by atoms with Crippen molar-refractivity contribution in [2.24, 2.45) is 0 Å². The summed E-state index contributed by atoms with van der Waals surface area (Å²) >= 11 is 0. The van der Waals surface area contributed by atoms with Gasteiger partial charge in [0.15, 0.2) is 0 Å². The zero-order chi connectivity index (χ0) is 10.4. The van der Waals surface area contributed by atoms with Crippen molar-refractivity contribution in [1.29, 1.82) is 5.41 Å². The SMILES string of the molecule is CCC(=O)OCCn1ccccc1=N. The van der Waals surface area contributed by atoms with Crippen molar-refractivity contribution in [3.63, 3.8) is 0 Å². The van der Waals surface area contributed by atoms with Gasteiger partial charge in [0.25, 0.3) is 0 Å². The van der Waals surface area contributed by atoms with Crippen molar-refractivity contribution < 1.29 is 9.53 Å². The minimum atomic E-state index is -0.201. The highest BCUT2D eigenvalue weighted by atomic mass is 16.5. The summed E-state index contributed by atoms with van der Waals surface area (Å²) in [5.74, 6) is -0.201. The van der Waals surface area contributed by atoms with Gasteiger partial charge in [0.05, 0.1) is 6.54 Å². The first-order valence-electron chi connectivity index (χ1n) is 4.59. The molecular formula is C10H14N2O2. The van der Waals surface area contributed by atoms with Gasteiger partial charge >= 0.3 is 5.97 Å². The number of carbonyl (C=O) groups excluding carboxylic acids is 1. The minimum absolute atomic E-state index is 0.201. The fraction of sp³-hybridized carbons (Fsp3) is 0.400. The molecule has 76 valence electrons. The monoisotopic (exact) mass is 194 g/mol. The summed E-state index contributed by atoms with van der Waals surface area (Å²) in [5, 5.41) is 7.52. The number of pyridine rings is 1. The average Bonchev–Trinajstić information content (AvgIpc) is 2.20. The Labute approximate surface area is 82.6 Å². The van der Waals surface area contributed by atoms with Gasteiger partial charge in [-0.15, -0.1) is 0 Å². The topological polar surface area (TPSA) is 55.1 Å². The van der Waals surface area contributed by atoms with E-state index in [1.807, 2.05) is 6.07 Å². The van der Waals surface area contributed by atoms with E-state index in [1.54, 1.807) is 29.8 Å². The number of hydrogen-bond acceptors (Lipinski definition) is 3. The zero-order valence-electron chi connectivity index (χ0n) is 8.19. The fourth-order valence-corrected chi connectivity index (χ4v) is 1.03. The maximum atomic E-state index is 10.8. The summed E-state index contributed by atoms with van der Waals surface area (Å²) in [5.41, 5.74) is 0.417. The summed E-state index contributed by atoms with van der Waals surface area (Å²) in [6, 6.07) is 5.35. The molecule has 0 saturated carbocycles. The smallest absolute Gasteiger partial charge is 0.305 e. The summed E-state index contributed by atoms with van der Waals surface area (Å²) in [6.45, 7) is 2.62. The molecule has 1 N–H and O–H groups in total. The molecular weight excluding hydrogens is 180 g/mol. The average molecular weight is 194 g/mol.